The first kappa shape index (κ1) is 12.9. The molecule has 88 valence electrons. The topological polar surface area (TPSA) is 38.8 Å². The first-order chi connectivity index (χ1) is 7.27. The summed E-state index contributed by atoms with van der Waals surface area (Å²) in [6, 6.07) is 0. The van der Waals surface area contributed by atoms with Crippen LogP contribution in [0.15, 0.2) is 0 Å². The zero-order valence-electron chi connectivity index (χ0n) is 9.08. The lowest BCUT2D eigenvalue weighted by Crippen LogP contribution is -2.29. The number of nitrogens with zero attached hydrogens (tertiary/aromatic N) is 1. The second-order valence-electron chi connectivity index (χ2n) is 3.67. The van der Waals surface area contributed by atoms with Crippen LogP contribution in [0.4, 0.5) is 0 Å². The van der Waals surface area contributed by atoms with Crippen molar-refractivity contribution in [3.05, 3.63) is 0 Å². The highest BCUT2D eigenvalue weighted by atomic mass is 79.9. The summed E-state index contributed by atoms with van der Waals surface area (Å²) < 4.78 is 10.2. The van der Waals surface area contributed by atoms with E-state index in [1.165, 1.54) is 0 Å². The third-order valence-electron chi connectivity index (χ3n) is 2.45. The van der Waals surface area contributed by atoms with E-state index in [0.717, 1.165) is 11.9 Å². The normalized spacial score (nSPS) is 21.3. The molecule has 0 saturated carbocycles. The highest BCUT2D eigenvalue weighted by molar-refractivity contribution is 9.09. The number of amides is 1. The van der Waals surface area contributed by atoms with Gasteiger partial charge in [0, 0.05) is 32.0 Å². The van der Waals surface area contributed by atoms with E-state index in [9.17, 15) is 4.79 Å². The lowest BCUT2D eigenvalue weighted by Gasteiger charge is -2.16. The number of ether oxygens (including phenoxy) is 2. The molecule has 0 aliphatic carbocycles. The molecule has 0 spiro atoms. The molecular weight excluding hydrogens is 262 g/mol. The van der Waals surface area contributed by atoms with Crippen LogP contribution in [-0.2, 0) is 14.3 Å². The first-order valence-electron chi connectivity index (χ1n) is 5.18. The molecule has 0 bridgehead atoms. The molecule has 5 heteroatoms. The Morgan fingerprint density at radius 3 is 2.87 bits per heavy atom. The number of hydrogen-bond acceptors (Lipinski definition) is 3. The van der Waals surface area contributed by atoms with Crippen LogP contribution >= 0.6 is 15.9 Å². The van der Waals surface area contributed by atoms with E-state index < -0.39 is 0 Å². The van der Waals surface area contributed by atoms with E-state index >= 15 is 0 Å². The number of rotatable bonds is 7. The van der Waals surface area contributed by atoms with Crippen molar-refractivity contribution in [3.8, 4) is 0 Å². The fourth-order valence-corrected chi connectivity index (χ4v) is 2.03. The maximum Gasteiger partial charge on any atom is 0.223 e. The lowest BCUT2D eigenvalue weighted by atomic mass is 10.2. The molecule has 1 unspecified atom stereocenters. The van der Waals surface area contributed by atoms with E-state index in [4.69, 9.17) is 9.47 Å². The monoisotopic (exact) mass is 279 g/mol. The molecule has 4 nitrogen and oxygen atoms in total. The van der Waals surface area contributed by atoms with E-state index in [0.29, 0.717) is 38.7 Å². The molecule has 0 aromatic rings. The van der Waals surface area contributed by atoms with Gasteiger partial charge in [0.1, 0.15) is 0 Å². The number of likely N-dealkylation sites (tertiary alicyclic amines) is 1. The largest absolute Gasteiger partial charge is 0.382 e. The molecular formula is C10H18BrNO3. The van der Waals surface area contributed by atoms with Gasteiger partial charge in [-0.25, -0.2) is 0 Å². The summed E-state index contributed by atoms with van der Waals surface area (Å²) in [5.74, 6) is 0.714. The maximum atomic E-state index is 11.5. The molecule has 1 rings (SSSR count). The predicted molar refractivity (Wildman–Crippen MR) is 61.2 cm³/mol. The van der Waals surface area contributed by atoms with Gasteiger partial charge in [0.15, 0.2) is 0 Å². The number of alkyl halides is 1. The van der Waals surface area contributed by atoms with Gasteiger partial charge in [0.2, 0.25) is 5.91 Å². The predicted octanol–water partition coefficient (Wildman–Crippen LogP) is 0.893. The molecule has 0 radical (unpaired) electrons. The molecule has 15 heavy (non-hydrogen) atoms. The van der Waals surface area contributed by atoms with Gasteiger partial charge in [0.25, 0.3) is 0 Å². The van der Waals surface area contributed by atoms with E-state index in [1.807, 2.05) is 4.90 Å². The van der Waals surface area contributed by atoms with Gasteiger partial charge in [0.05, 0.1) is 19.8 Å². The molecule has 1 fully saturated rings. The van der Waals surface area contributed by atoms with Crippen molar-refractivity contribution in [1.29, 1.82) is 0 Å². The maximum absolute atomic E-state index is 11.5. The third-order valence-corrected chi connectivity index (χ3v) is 3.37. The minimum Gasteiger partial charge on any atom is -0.382 e. The summed E-state index contributed by atoms with van der Waals surface area (Å²) in [5.41, 5.74) is 0. The van der Waals surface area contributed by atoms with Crippen LogP contribution in [0.25, 0.3) is 0 Å². The standard InChI is InChI=1S/C10H18BrNO3/c1-14-4-5-15-3-2-12-8-9(7-11)6-10(12)13/h9H,2-8H2,1H3. The van der Waals surface area contributed by atoms with E-state index in [-0.39, 0.29) is 5.91 Å². The zero-order valence-corrected chi connectivity index (χ0v) is 10.7. The molecule has 1 aliphatic rings. The van der Waals surface area contributed by atoms with Crippen LogP contribution in [0, 0.1) is 5.92 Å². The van der Waals surface area contributed by atoms with Crippen LogP contribution < -0.4 is 0 Å². The van der Waals surface area contributed by atoms with Gasteiger partial charge in [-0.05, 0) is 5.92 Å². The van der Waals surface area contributed by atoms with Crippen LogP contribution in [-0.4, -0.2) is 56.2 Å². The lowest BCUT2D eigenvalue weighted by molar-refractivity contribution is -0.128. The van der Waals surface area contributed by atoms with Crippen molar-refractivity contribution < 1.29 is 14.3 Å². The van der Waals surface area contributed by atoms with Crippen molar-refractivity contribution in [2.24, 2.45) is 5.92 Å². The molecule has 1 atom stereocenters. The summed E-state index contributed by atoms with van der Waals surface area (Å²) >= 11 is 3.41. The molecule has 0 N–H and O–H groups in total. The minimum atomic E-state index is 0.245. The number of carbonyl (C=O) groups excluding carboxylic acids is 1. The Morgan fingerprint density at radius 1 is 1.47 bits per heavy atom. The Hall–Kier alpha value is -0.130. The SMILES string of the molecule is COCCOCCN1CC(CBr)CC1=O. The smallest absolute Gasteiger partial charge is 0.223 e. The van der Waals surface area contributed by atoms with Crippen molar-refractivity contribution in [2.45, 2.75) is 6.42 Å². The Bertz CT molecular complexity index is 201. The zero-order chi connectivity index (χ0) is 11.1. The fraction of sp³-hybridized carbons (Fsp3) is 0.900. The van der Waals surface area contributed by atoms with Crippen LogP contribution in [0.3, 0.4) is 0 Å². The van der Waals surface area contributed by atoms with Crippen LogP contribution in [0.5, 0.6) is 0 Å². The van der Waals surface area contributed by atoms with Crippen LogP contribution in [0.1, 0.15) is 6.42 Å². The summed E-state index contributed by atoms with van der Waals surface area (Å²) in [6.07, 6.45) is 0.670. The minimum absolute atomic E-state index is 0.245. The fourth-order valence-electron chi connectivity index (χ4n) is 1.59. The average Bonchev–Trinajstić information content (AvgIpc) is 2.59. The molecule has 1 amide bonds. The average molecular weight is 280 g/mol. The Morgan fingerprint density at radius 2 is 2.27 bits per heavy atom. The quantitative estimate of drug-likeness (QED) is 0.513. The number of carbonyl (C=O) groups is 1. The molecule has 1 aliphatic heterocycles. The van der Waals surface area contributed by atoms with Crippen molar-refractivity contribution in [1.82, 2.24) is 4.90 Å². The second kappa shape index (κ2) is 7.19. The Kier molecular flexibility index (Phi) is 6.20. The van der Waals surface area contributed by atoms with Gasteiger partial charge < -0.3 is 14.4 Å². The highest BCUT2D eigenvalue weighted by Gasteiger charge is 2.27. The molecule has 0 aromatic carbocycles. The van der Waals surface area contributed by atoms with Gasteiger partial charge >= 0.3 is 0 Å². The number of methoxy groups -OCH3 is 1. The van der Waals surface area contributed by atoms with Crippen molar-refractivity contribution >= 4 is 21.8 Å². The Labute approximate surface area is 99.0 Å². The summed E-state index contributed by atoms with van der Waals surface area (Å²) in [7, 11) is 1.65. The van der Waals surface area contributed by atoms with Gasteiger partial charge in [-0.1, -0.05) is 15.9 Å². The molecule has 0 aromatic heterocycles. The number of halogens is 1. The van der Waals surface area contributed by atoms with E-state index in [1.54, 1.807) is 7.11 Å². The molecule has 1 saturated heterocycles. The summed E-state index contributed by atoms with van der Waals surface area (Å²) in [5, 5.41) is 0.903. The third kappa shape index (κ3) is 4.49. The number of hydrogen-bond donors (Lipinski definition) is 0. The Balaban J connectivity index is 2.08. The van der Waals surface area contributed by atoms with Crippen molar-refractivity contribution in [3.63, 3.8) is 0 Å². The summed E-state index contributed by atoms with van der Waals surface area (Å²) in [4.78, 5) is 13.4. The van der Waals surface area contributed by atoms with E-state index in [2.05, 4.69) is 15.9 Å². The highest BCUT2D eigenvalue weighted by Crippen LogP contribution is 2.18. The first-order valence-corrected chi connectivity index (χ1v) is 6.30. The van der Waals surface area contributed by atoms with Crippen LogP contribution in [0.2, 0.25) is 0 Å². The van der Waals surface area contributed by atoms with Gasteiger partial charge in [-0.2, -0.15) is 0 Å². The van der Waals surface area contributed by atoms with Gasteiger partial charge in [-0.15, -0.1) is 0 Å². The van der Waals surface area contributed by atoms with Crippen molar-refractivity contribution in [2.75, 3.05) is 45.4 Å². The summed E-state index contributed by atoms with van der Waals surface area (Å²) in [6.45, 7) is 3.37. The second-order valence-corrected chi connectivity index (χ2v) is 4.32. The van der Waals surface area contributed by atoms with Gasteiger partial charge in [-0.3, -0.25) is 4.79 Å². The molecule has 1 heterocycles.